The summed E-state index contributed by atoms with van der Waals surface area (Å²) in [6, 6.07) is 12.9. The molecule has 0 aliphatic carbocycles. The van der Waals surface area contributed by atoms with E-state index in [4.69, 9.17) is 26.1 Å². The SMILES string of the molecule is COC(C)(C)CC[C@H](C(=O)O)C1CN(C2=Nc3cc(Cl)ccc3Oc3ccccc32)CCN1. The van der Waals surface area contributed by atoms with E-state index in [1.165, 1.54) is 0 Å². The van der Waals surface area contributed by atoms with Crippen molar-refractivity contribution in [1.29, 1.82) is 0 Å². The smallest absolute Gasteiger partial charge is 0.308 e. The number of nitrogens with one attached hydrogen (secondary N) is 1. The summed E-state index contributed by atoms with van der Waals surface area (Å²) in [5.41, 5.74) is 1.16. The van der Waals surface area contributed by atoms with Gasteiger partial charge in [-0.05, 0) is 57.0 Å². The number of halogens is 1. The summed E-state index contributed by atoms with van der Waals surface area (Å²) in [7, 11) is 1.66. The van der Waals surface area contributed by atoms with Crippen molar-refractivity contribution < 1.29 is 19.4 Å². The van der Waals surface area contributed by atoms with Crippen LogP contribution in [0.2, 0.25) is 5.02 Å². The lowest BCUT2D eigenvalue weighted by atomic mass is 9.88. The molecule has 7 nitrogen and oxygen atoms in total. The number of nitrogens with zero attached hydrogens (tertiary/aromatic N) is 2. The van der Waals surface area contributed by atoms with Crippen LogP contribution >= 0.6 is 11.6 Å². The summed E-state index contributed by atoms with van der Waals surface area (Å²) in [5, 5.41) is 14.0. The number of hydrogen-bond donors (Lipinski definition) is 2. The van der Waals surface area contributed by atoms with Gasteiger partial charge >= 0.3 is 5.97 Å². The van der Waals surface area contributed by atoms with Crippen molar-refractivity contribution in [2.45, 2.75) is 38.3 Å². The molecule has 1 saturated heterocycles. The number of methoxy groups -OCH3 is 1. The molecule has 1 unspecified atom stereocenters. The molecular weight excluding hydrogens is 442 g/mol. The van der Waals surface area contributed by atoms with Crippen LogP contribution in [0, 0.1) is 5.92 Å². The predicted octanol–water partition coefficient (Wildman–Crippen LogP) is 4.70. The summed E-state index contributed by atoms with van der Waals surface area (Å²) >= 11 is 6.23. The maximum atomic E-state index is 12.2. The van der Waals surface area contributed by atoms with E-state index in [1.54, 1.807) is 19.2 Å². The second-order valence-electron chi connectivity index (χ2n) is 9.10. The van der Waals surface area contributed by atoms with Crippen LogP contribution < -0.4 is 10.1 Å². The molecule has 0 aromatic heterocycles. The van der Waals surface area contributed by atoms with Crippen molar-refractivity contribution in [1.82, 2.24) is 10.2 Å². The highest BCUT2D eigenvalue weighted by Gasteiger charge is 2.35. The molecule has 4 rings (SSSR count). The zero-order valence-electron chi connectivity index (χ0n) is 19.2. The molecule has 1 fully saturated rings. The first-order chi connectivity index (χ1) is 15.8. The van der Waals surface area contributed by atoms with E-state index in [0.717, 1.165) is 11.4 Å². The molecule has 2 atom stereocenters. The van der Waals surface area contributed by atoms with Crippen molar-refractivity contribution >= 4 is 29.1 Å². The number of rotatable bonds is 6. The largest absolute Gasteiger partial charge is 0.481 e. The maximum absolute atomic E-state index is 12.2. The predicted molar refractivity (Wildman–Crippen MR) is 129 cm³/mol. The van der Waals surface area contributed by atoms with E-state index < -0.39 is 11.9 Å². The molecule has 2 aliphatic rings. The molecule has 8 heteroatoms. The molecule has 2 N–H and O–H groups in total. The third-order valence-electron chi connectivity index (χ3n) is 6.41. The molecule has 2 aromatic carbocycles. The highest BCUT2D eigenvalue weighted by molar-refractivity contribution is 6.31. The fourth-order valence-corrected chi connectivity index (χ4v) is 4.45. The number of carbonyl (C=O) groups is 1. The molecule has 0 saturated carbocycles. The second kappa shape index (κ2) is 9.71. The van der Waals surface area contributed by atoms with E-state index in [1.807, 2.05) is 44.2 Å². The van der Waals surface area contributed by atoms with Crippen molar-refractivity contribution in [3.05, 3.63) is 53.1 Å². The molecule has 2 aromatic rings. The average molecular weight is 472 g/mol. The van der Waals surface area contributed by atoms with Gasteiger partial charge in [0.2, 0.25) is 0 Å². The minimum atomic E-state index is -0.801. The molecule has 0 bridgehead atoms. The summed E-state index contributed by atoms with van der Waals surface area (Å²) in [4.78, 5) is 19.3. The first kappa shape index (κ1) is 23.5. The summed E-state index contributed by atoms with van der Waals surface area (Å²) < 4.78 is 11.7. The standard InChI is InChI=1S/C25H30ClN3O4/c1-25(2,32-3)11-10-17(24(30)31)20-15-29(13-12-27-20)23-18-6-4-5-7-21(18)33-22-9-8-16(26)14-19(22)28-23/h4-9,14,17,20,27H,10-13,15H2,1-3H3,(H,30,31)/t17-,20?/m0/s1. The Morgan fingerprint density at radius 1 is 1.33 bits per heavy atom. The van der Waals surface area contributed by atoms with E-state index in [-0.39, 0.29) is 11.6 Å². The molecule has 33 heavy (non-hydrogen) atoms. The van der Waals surface area contributed by atoms with Crippen LogP contribution in [0.3, 0.4) is 0 Å². The number of aliphatic imine (C=N–C) groups is 1. The molecule has 176 valence electrons. The van der Waals surface area contributed by atoms with Crippen LogP contribution in [0.25, 0.3) is 0 Å². The number of carboxylic acid groups (broad SMARTS) is 1. The maximum Gasteiger partial charge on any atom is 0.308 e. The van der Waals surface area contributed by atoms with Crippen molar-refractivity contribution in [3.8, 4) is 11.5 Å². The molecular formula is C25H30ClN3O4. The number of carboxylic acids is 1. The van der Waals surface area contributed by atoms with Crippen LogP contribution in [-0.4, -0.2) is 60.2 Å². The molecule has 2 aliphatic heterocycles. The van der Waals surface area contributed by atoms with E-state index in [2.05, 4.69) is 10.2 Å². The Hall–Kier alpha value is -2.61. The van der Waals surface area contributed by atoms with Crippen molar-refractivity contribution in [2.75, 3.05) is 26.7 Å². The highest BCUT2D eigenvalue weighted by Crippen LogP contribution is 2.39. The van der Waals surface area contributed by atoms with Crippen LogP contribution in [0.1, 0.15) is 32.3 Å². The molecule has 0 radical (unpaired) electrons. The van der Waals surface area contributed by atoms with Gasteiger partial charge < -0.3 is 24.8 Å². The minimum Gasteiger partial charge on any atom is -0.481 e. The number of amidine groups is 1. The lowest BCUT2D eigenvalue weighted by Gasteiger charge is -2.38. The normalized spacial score (nSPS) is 19.0. The Balaban J connectivity index is 1.64. The number of hydrogen-bond acceptors (Lipinski definition) is 6. The minimum absolute atomic E-state index is 0.221. The Bertz CT molecular complexity index is 1060. The Kier molecular flexibility index (Phi) is 6.93. The number of piperazine rings is 1. The fraction of sp³-hybridized carbons (Fsp3) is 0.440. The Morgan fingerprint density at radius 2 is 2.12 bits per heavy atom. The zero-order chi connectivity index (χ0) is 23.6. The number of benzene rings is 2. The van der Waals surface area contributed by atoms with Gasteiger partial charge in [-0.1, -0.05) is 23.7 Å². The third kappa shape index (κ3) is 5.32. The van der Waals surface area contributed by atoms with Crippen molar-refractivity contribution in [2.24, 2.45) is 10.9 Å². The number of aliphatic carboxylic acids is 1. The van der Waals surface area contributed by atoms with E-state index in [0.29, 0.717) is 54.7 Å². The van der Waals surface area contributed by atoms with E-state index in [9.17, 15) is 9.90 Å². The van der Waals surface area contributed by atoms with E-state index >= 15 is 0 Å². The summed E-state index contributed by atoms with van der Waals surface area (Å²) in [5.74, 6) is 0.772. The van der Waals surface area contributed by atoms with Gasteiger partial charge in [-0.3, -0.25) is 4.79 Å². The van der Waals surface area contributed by atoms with Gasteiger partial charge in [-0.25, -0.2) is 4.99 Å². The first-order valence-corrected chi connectivity index (χ1v) is 11.6. The summed E-state index contributed by atoms with van der Waals surface area (Å²) in [6.45, 7) is 5.84. The van der Waals surface area contributed by atoms with Crippen LogP contribution in [0.5, 0.6) is 11.5 Å². The molecule has 2 heterocycles. The Morgan fingerprint density at radius 3 is 2.88 bits per heavy atom. The highest BCUT2D eigenvalue weighted by atomic mass is 35.5. The van der Waals surface area contributed by atoms with Gasteiger partial charge in [-0.15, -0.1) is 0 Å². The fourth-order valence-electron chi connectivity index (χ4n) is 4.28. The molecule has 0 amide bonds. The van der Waals surface area contributed by atoms with Gasteiger partial charge in [0.1, 0.15) is 17.3 Å². The lowest BCUT2D eigenvalue weighted by molar-refractivity contribution is -0.143. The number of ether oxygens (including phenoxy) is 2. The molecule has 0 spiro atoms. The van der Waals surface area contributed by atoms with Gasteiger partial charge in [0, 0.05) is 37.8 Å². The summed E-state index contributed by atoms with van der Waals surface area (Å²) in [6.07, 6.45) is 1.18. The second-order valence-corrected chi connectivity index (χ2v) is 9.54. The van der Waals surface area contributed by atoms with Crippen LogP contribution in [0.15, 0.2) is 47.5 Å². The van der Waals surface area contributed by atoms with Gasteiger partial charge in [0.05, 0.1) is 17.1 Å². The number of fused-ring (bicyclic) bond motifs is 2. The van der Waals surface area contributed by atoms with Gasteiger partial charge in [0.15, 0.2) is 5.75 Å². The quantitative estimate of drug-likeness (QED) is 0.635. The van der Waals surface area contributed by atoms with Gasteiger partial charge in [-0.2, -0.15) is 0 Å². The van der Waals surface area contributed by atoms with Crippen LogP contribution in [-0.2, 0) is 9.53 Å². The topological polar surface area (TPSA) is 83.4 Å². The number of para-hydroxylation sites is 1. The monoisotopic (exact) mass is 471 g/mol. The van der Waals surface area contributed by atoms with Crippen molar-refractivity contribution in [3.63, 3.8) is 0 Å². The third-order valence-corrected chi connectivity index (χ3v) is 6.65. The van der Waals surface area contributed by atoms with Gasteiger partial charge in [0.25, 0.3) is 0 Å². The average Bonchev–Trinajstić information content (AvgIpc) is 2.95. The lowest BCUT2D eigenvalue weighted by Crippen LogP contribution is -2.57. The first-order valence-electron chi connectivity index (χ1n) is 11.2. The zero-order valence-corrected chi connectivity index (χ0v) is 19.9. The Labute approximate surface area is 199 Å². The van der Waals surface area contributed by atoms with Crippen LogP contribution in [0.4, 0.5) is 5.69 Å².